The summed E-state index contributed by atoms with van der Waals surface area (Å²) in [5, 5.41) is 2.98. The van der Waals surface area contributed by atoms with Gasteiger partial charge in [-0.3, -0.25) is 0 Å². The predicted molar refractivity (Wildman–Crippen MR) is 111 cm³/mol. The molecular weight excluding hydrogens is 444 g/mol. The highest BCUT2D eigenvalue weighted by Gasteiger charge is 2.47. The number of esters is 1. The first kappa shape index (κ1) is 19.4. The minimum Gasteiger partial charge on any atom is -0.423 e. The van der Waals surface area contributed by atoms with Crippen LogP contribution in [0.4, 0.5) is 5.69 Å². The lowest BCUT2D eigenvalue weighted by atomic mass is 9.86. The number of ether oxygens (including phenoxy) is 1. The molecular formula is C20H21BrN2O4S. The minimum atomic E-state index is -3.26. The standard InChI is InChI=1S/C20H21BrN2O4S/c21-14-7-5-13(6-8-14)20(24)27-16-11-9-15(10-12-16)22-19-17-3-1-2-4-18(17)28(25,26)23-19/h5-12,17-19,22-23H,1-4H2. The third-order valence-corrected chi connectivity index (χ3v) is 7.83. The molecule has 3 unspecified atom stereocenters. The Kier molecular flexibility index (Phi) is 5.44. The summed E-state index contributed by atoms with van der Waals surface area (Å²) in [5.74, 6) is 0.0801. The summed E-state index contributed by atoms with van der Waals surface area (Å²) in [6.07, 6.45) is 3.35. The quantitative estimate of drug-likeness (QED) is 0.529. The second kappa shape index (κ2) is 7.85. The average molecular weight is 465 g/mol. The first-order chi connectivity index (χ1) is 13.4. The highest BCUT2D eigenvalue weighted by Crippen LogP contribution is 2.37. The Labute approximate surface area is 172 Å². The molecule has 1 aliphatic carbocycles. The molecule has 2 aliphatic rings. The molecule has 1 saturated heterocycles. The number of hydrogen-bond donors (Lipinski definition) is 2. The lowest BCUT2D eigenvalue weighted by Crippen LogP contribution is -2.37. The first-order valence-electron chi connectivity index (χ1n) is 9.28. The molecule has 8 heteroatoms. The van der Waals surface area contributed by atoms with E-state index in [1.807, 2.05) is 0 Å². The Morgan fingerprint density at radius 1 is 1.04 bits per heavy atom. The van der Waals surface area contributed by atoms with Crippen molar-refractivity contribution in [2.75, 3.05) is 5.32 Å². The third kappa shape index (κ3) is 4.09. The molecule has 0 bridgehead atoms. The fraction of sp³-hybridized carbons (Fsp3) is 0.350. The molecule has 28 heavy (non-hydrogen) atoms. The highest BCUT2D eigenvalue weighted by molar-refractivity contribution is 9.10. The van der Waals surface area contributed by atoms with Gasteiger partial charge in [-0.2, -0.15) is 4.72 Å². The molecule has 2 fully saturated rings. The summed E-state index contributed by atoms with van der Waals surface area (Å²) in [6, 6.07) is 13.9. The van der Waals surface area contributed by atoms with Gasteiger partial charge in [-0.15, -0.1) is 0 Å². The number of hydrogen-bond acceptors (Lipinski definition) is 5. The van der Waals surface area contributed by atoms with E-state index in [1.54, 1.807) is 48.5 Å². The van der Waals surface area contributed by atoms with E-state index < -0.39 is 16.0 Å². The third-order valence-electron chi connectivity index (χ3n) is 5.34. The zero-order chi connectivity index (χ0) is 19.7. The zero-order valence-electron chi connectivity index (χ0n) is 15.1. The van der Waals surface area contributed by atoms with E-state index in [2.05, 4.69) is 26.0 Å². The van der Waals surface area contributed by atoms with Crippen LogP contribution in [0.25, 0.3) is 0 Å². The van der Waals surface area contributed by atoms with Gasteiger partial charge in [0.15, 0.2) is 0 Å². The van der Waals surface area contributed by atoms with Crippen molar-refractivity contribution in [1.82, 2.24) is 4.72 Å². The number of anilines is 1. The average Bonchev–Trinajstić information content (AvgIpc) is 2.94. The van der Waals surface area contributed by atoms with Crippen LogP contribution in [0.5, 0.6) is 5.75 Å². The van der Waals surface area contributed by atoms with Crippen molar-refractivity contribution in [2.24, 2.45) is 5.92 Å². The van der Waals surface area contributed by atoms with E-state index in [4.69, 9.17) is 4.74 Å². The van der Waals surface area contributed by atoms with Crippen molar-refractivity contribution in [3.63, 3.8) is 0 Å². The summed E-state index contributed by atoms with van der Waals surface area (Å²) in [5.41, 5.74) is 1.25. The van der Waals surface area contributed by atoms with Crippen LogP contribution in [0, 0.1) is 5.92 Å². The van der Waals surface area contributed by atoms with E-state index in [9.17, 15) is 13.2 Å². The van der Waals surface area contributed by atoms with Gasteiger partial charge in [-0.05, 0) is 61.4 Å². The highest BCUT2D eigenvalue weighted by atomic mass is 79.9. The van der Waals surface area contributed by atoms with Crippen molar-refractivity contribution in [3.8, 4) is 5.75 Å². The van der Waals surface area contributed by atoms with E-state index >= 15 is 0 Å². The maximum atomic E-state index is 12.3. The van der Waals surface area contributed by atoms with Gasteiger partial charge in [0.25, 0.3) is 0 Å². The van der Waals surface area contributed by atoms with Crippen LogP contribution in [0.1, 0.15) is 36.0 Å². The topological polar surface area (TPSA) is 84.5 Å². The zero-order valence-corrected chi connectivity index (χ0v) is 17.5. The van der Waals surface area contributed by atoms with Gasteiger partial charge < -0.3 is 10.1 Å². The van der Waals surface area contributed by atoms with Crippen molar-refractivity contribution in [3.05, 3.63) is 58.6 Å². The largest absolute Gasteiger partial charge is 0.423 e. The number of carbonyl (C=O) groups is 1. The Morgan fingerprint density at radius 3 is 2.43 bits per heavy atom. The number of fused-ring (bicyclic) bond motifs is 1. The second-order valence-electron chi connectivity index (χ2n) is 7.19. The molecule has 1 aliphatic heterocycles. The predicted octanol–water partition coefficient (Wildman–Crippen LogP) is 3.90. The van der Waals surface area contributed by atoms with Crippen LogP contribution in [0.15, 0.2) is 53.0 Å². The van der Waals surface area contributed by atoms with Gasteiger partial charge in [0.05, 0.1) is 17.0 Å². The first-order valence-corrected chi connectivity index (χ1v) is 11.6. The Morgan fingerprint density at radius 2 is 1.71 bits per heavy atom. The molecule has 3 atom stereocenters. The second-order valence-corrected chi connectivity index (χ2v) is 10.0. The maximum Gasteiger partial charge on any atom is 0.343 e. The van der Waals surface area contributed by atoms with Gasteiger partial charge in [-0.25, -0.2) is 13.2 Å². The smallest absolute Gasteiger partial charge is 0.343 e. The summed E-state index contributed by atoms with van der Waals surface area (Å²) in [7, 11) is -3.26. The lowest BCUT2D eigenvalue weighted by molar-refractivity contribution is 0.0734. The summed E-state index contributed by atoms with van der Waals surface area (Å²) < 4.78 is 33.7. The SMILES string of the molecule is O=C(Oc1ccc(NC2NS(=O)(=O)C3CCCCC23)cc1)c1ccc(Br)cc1. The van der Waals surface area contributed by atoms with Gasteiger partial charge in [0, 0.05) is 16.1 Å². The molecule has 6 nitrogen and oxygen atoms in total. The van der Waals surface area contributed by atoms with Crippen molar-refractivity contribution < 1.29 is 17.9 Å². The monoisotopic (exact) mass is 464 g/mol. The molecule has 1 saturated carbocycles. The fourth-order valence-electron chi connectivity index (χ4n) is 3.93. The number of sulfonamides is 1. The van der Waals surface area contributed by atoms with Gasteiger partial charge in [0.2, 0.25) is 10.0 Å². The molecule has 2 aromatic carbocycles. The van der Waals surface area contributed by atoms with Crippen LogP contribution < -0.4 is 14.8 Å². The fourth-order valence-corrected chi connectivity index (χ4v) is 6.19. The molecule has 2 N–H and O–H groups in total. The molecule has 0 radical (unpaired) electrons. The summed E-state index contributed by atoms with van der Waals surface area (Å²) in [6.45, 7) is 0. The minimum absolute atomic E-state index is 0.0775. The number of rotatable bonds is 4. The van der Waals surface area contributed by atoms with Crippen LogP contribution in [-0.4, -0.2) is 25.8 Å². The Hall–Kier alpha value is -1.90. The number of nitrogens with one attached hydrogen (secondary N) is 2. The van der Waals surface area contributed by atoms with Gasteiger partial charge in [0.1, 0.15) is 5.75 Å². The molecule has 0 spiro atoms. The summed E-state index contributed by atoms with van der Waals surface area (Å²) in [4.78, 5) is 12.2. The van der Waals surface area contributed by atoms with Gasteiger partial charge >= 0.3 is 5.97 Å². The van der Waals surface area contributed by atoms with Crippen molar-refractivity contribution in [2.45, 2.75) is 37.1 Å². The van der Waals surface area contributed by atoms with E-state index in [-0.39, 0.29) is 17.3 Å². The van der Waals surface area contributed by atoms with Crippen molar-refractivity contribution >= 4 is 37.6 Å². The van der Waals surface area contributed by atoms with E-state index in [0.29, 0.717) is 11.3 Å². The number of benzene rings is 2. The van der Waals surface area contributed by atoms with Crippen LogP contribution in [-0.2, 0) is 10.0 Å². The van der Waals surface area contributed by atoms with Crippen LogP contribution in [0.2, 0.25) is 0 Å². The molecule has 0 aromatic heterocycles. The molecule has 1 heterocycles. The maximum absolute atomic E-state index is 12.3. The molecule has 2 aromatic rings. The number of halogens is 1. The van der Waals surface area contributed by atoms with E-state index in [1.165, 1.54) is 0 Å². The van der Waals surface area contributed by atoms with Crippen LogP contribution >= 0.6 is 15.9 Å². The normalized spacial score (nSPS) is 25.7. The van der Waals surface area contributed by atoms with E-state index in [0.717, 1.165) is 35.8 Å². The lowest BCUT2D eigenvalue weighted by Gasteiger charge is -2.27. The Balaban J connectivity index is 1.41. The Bertz CT molecular complexity index is 961. The molecule has 4 rings (SSSR count). The molecule has 148 valence electrons. The summed E-state index contributed by atoms with van der Waals surface area (Å²) >= 11 is 3.33. The van der Waals surface area contributed by atoms with Gasteiger partial charge in [-0.1, -0.05) is 28.8 Å². The molecule has 0 amide bonds. The number of carbonyl (C=O) groups excluding carboxylic acids is 1. The van der Waals surface area contributed by atoms with Crippen LogP contribution in [0.3, 0.4) is 0 Å². The van der Waals surface area contributed by atoms with Crippen molar-refractivity contribution in [1.29, 1.82) is 0 Å².